The molecule has 5 heteroatoms. The van der Waals surface area contributed by atoms with E-state index in [0.29, 0.717) is 4.88 Å². The van der Waals surface area contributed by atoms with Crippen LogP contribution in [0.5, 0.6) is 5.75 Å². The second-order valence-electron chi connectivity index (χ2n) is 4.24. The highest BCUT2D eigenvalue weighted by Gasteiger charge is 2.11. The molecule has 1 N–H and O–H groups in total. The number of ether oxygens (including phenoxy) is 1. The van der Waals surface area contributed by atoms with E-state index in [1.54, 1.807) is 0 Å². The van der Waals surface area contributed by atoms with E-state index < -0.39 is 0 Å². The Labute approximate surface area is 124 Å². The van der Waals surface area contributed by atoms with Gasteiger partial charge in [-0.25, -0.2) is 0 Å². The average Bonchev–Trinajstić information content (AvgIpc) is 2.77. The van der Waals surface area contributed by atoms with Crippen molar-refractivity contribution in [2.75, 3.05) is 5.32 Å². The summed E-state index contributed by atoms with van der Waals surface area (Å²) in [6.45, 7) is 3.95. The summed E-state index contributed by atoms with van der Waals surface area (Å²) in [5.74, 6) is 0.685. The van der Waals surface area contributed by atoms with Gasteiger partial charge in [-0.1, -0.05) is 0 Å². The van der Waals surface area contributed by atoms with Crippen molar-refractivity contribution < 1.29 is 9.53 Å². The van der Waals surface area contributed by atoms with Gasteiger partial charge in [0, 0.05) is 10.2 Å². The van der Waals surface area contributed by atoms with Crippen molar-refractivity contribution in [1.82, 2.24) is 0 Å². The lowest BCUT2D eigenvalue weighted by Crippen LogP contribution is -2.11. The molecule has 0 unspecified atom stereocenters. The van der Waals surface area contributed by atoms with Gasteiger partial charge >= 0.3 is 0 Å². The van der Waals surface area contributed by atoms with Crippen molar-refractivity contribution >= 4 is 38.9 Å². The third-order valence-corrected chi connectivity index (χ3v) is 4.14. The molecule has 100 valence electrons. The van der Waals surface area contributed by atoms with Crippen molar-refractivity contribution in [3.63, 3.8) is 0 Å². The number of carbonyl (C=O) groups is 1. The summed E-state index contributed by atoms with van der Waals surface area (Å²) in [6, 6.07) is 9.21. The lowest BCUT2D eigenvalue weighted by Gasteiger charge is -2.10. The van der Waals surface area contributed by atoms with Crippen molar-refractivity contribution in [3.8, 4) is 5.75 Å². The third kappa shape index (κ3) is 3.81. The largest absolute Gasteiger partial charge is 0.491 e. The minimum atomic E-state index is -0.112. The van der Waals surface area contributed by atoms with E-state index in [1.807, 2.05) is 49.6 Å². The van der Waals surface area contributed by atoms with Crippen LogP contribution < -0.4 is 10.1 Å². The number of hydrogen-bond acceptors (Lipinski definition) is 3. The molecule has 0 fully saturated rings. The average molecular weight is 340 g/mol. The van der Waals surface area contributed by atoms with Crippen LogP contribution in [0.4, 0.5) is 5.69 Å². The van der Waals surface area contributed by atoms with Crippen molar-refractivity contribution in [1.29, 1.82) is 0 Å². The normalized spacial score (nSPS) is 10.5. The molecule has 1 amide bonds. The minimum absolute atomic E-state index is 0.112. The minimum Gasteiger partial charge on any atom is -0.491 e. The Morgan fingerprint density at radius 1 is 1.26 bits per heavy atom. The SMILES string of the molecule is CC(C)Oc1ccc(NC(=O)c2sccc2Br)cc1. The summed E-state index contributed by atoms with van der Waals surface area (Å²) in [7, 11) is 0. The molecule has 0 aliphatic carbocycles. The molecule has 3 nitrogen and oxygen atoms in total. The lowest BCUT2D eigenvalue weighted by molar-refractivity contribution is 0.103. The number of halogens is 1. The molecule has 0 atom stereocenters. The summed E-state index contributed by atoms with van der Waals surface area (Å²) in [5.41, 5.74) is 0.751. The van der Waals surface area contributed by atoms with Gasteiger partial charge in [0.2, 0.25) is 0 Å². The molecular weight excluding hydrogens is 326 g/mol. The highest BCUT2D eigenvalue weighted by Crippen LogP contribution is 2.24. The maximum atomic E-state index is 12.0. The van der Waals surface area contributed by atoms with Gasteiger partial charge < -0.3 is 10.1 Å². The van der Waals surface area contributed by atoms with E-state index in [-0.39, 0.29) is 12.0 Å². The highest BCUT2D eigenvalue weighted by molar-refractivity contribution is 9.10. The standard InChI is InChI=1S/C14H14BrNO2S/c1-9(2)18-11-5-3-10(4-6-11)16-14(17)13-12(15)7-8-19-13/h3-9H,1-2H3,(H,16,17). The van der Waals surface area contributed by atoms with E-state index in [4.69, 9.17) is 4.74 Å². The van der Waals surface area contributed by atoms with E-state index in [0.717, 1.165) is 15.9 Å². The van der Waals surface area contributed by atoms with Crippen LogP contribution in [0.25, 0.3) is 0 Å². The monoisotopic (exact) mass is 339 g/mol. The first-order chi connectivity index (χ1) is 9.06. The molecule has 0 spiro atoms. The van der Waals surface area contributed by atoms with Gasteiger partial charge in [-0.05, 0) is 65.5 Å². The zero-order chi connectivity index (χ0) is 13.8. The van der Waals surface area contributed by atoms with Gasteiger partial charge in [0.05, 0.1) is 6.10 Å². The Hall–Kier alpha value is -1.33. The number of rotatable bonds is 4. The molecule has 0 aliphatic heterocycles. The second kappa shape index (κ2) is 6.21. The van der Waals surface area contributed by atoms with E-state index in [1.165, 1.54) is 11.3 Å². The third-order valence-electron chi connectivity index (χ3n) is 2.31. The van der Waals surface area contributed by atoms with Crippen LogP contribution in [0.1, 0.15) is 23.5 Å². The Morgan fingerprint density at radius 2 is 1.95 bits per heavy atom. The van der Waals surface area contributed by atoms with Crippen molar-refractivity contribution in [2.24, 2.45) is 0 Å². The zero-order valence-corrected chi connectivity index (χ0v) is 13.0. The first-order valence-electron chi connectivity index (χ1n) is 5.87. The van der Waals surface area contributed by atoms with Gasteiger partial charge in [-0.3, -0.25) is 4.79 Å². The maximum absolute atomic E-state index is 12.0. The number of thiophene rings is 1. The number of anilines is 1. The lowest BCUT2D eigenvalue weighted by atomic mass is 10.3. The summed E-state index contributed by atoms with van der Waals surface area (Å²) in [5, 5.41) is 4.73. The molecule has 1 heterocycles. The van der Waals surface area contributed by atoms with E-state index in [2.05, 4.69) is 21.2 Å². The quantitative estimate of drug-likeness (QED) is 0.887. The maximum Gasteiger partial charge on any atom is 0.266 e. The van der Waals surface area contributed by atoms with Crippen molar-refractivity contribution in [3.05, 3.63) is 45.1 Å². The van der Waals surface area contributed by atoms with Gasteiger partial charge in [-0.2, -0.15) is 0 Å². The van der Waals surface area contributed by atoms with Gasteiger partial charge in [0.25, 0.3) is 5.91 Å². The molecule has 1 aromatic heterocycles. The summed E-state index contributed by atoms with van der Waals surface area (Å²) >= 11 is 4.75. The smallest absolute Gasteiger partial charge is 0.266 e. The second-order valence-corrected chi connectivity index (χ2v) is 6.01. The molecule has 2 rings (SSSR count). The summed E-state index contributed by atoms with van der Waals surface area (Å²) in [4.78, 5) is 12.7. The first kappa shape index (κ1) is 14.1. The molecular formula is C14H14BrNO2S. The van der Waals surface area contributed by atoms with Crippen LogP contribution >= 0.6 is 27.3 Å². The first-order valence-corrected chi connectivity index (χ1v) is 7.54. The number of hydrogen-bond donors (Lipinski definition) is 1. The van der Waals surface area contributed by atoms with Crippen molar-refractivity contribution in [2.45, 2.75) is 20.0 Å². The molecule has 0 saturated heterocycles. The molecule has 0 radical (unpaired) electrons. The molecule has 2 aromatic rings. The number of carbonyl (C=O) groups excluding carboxylic acids is 1. The fourth-order valence-electron chi connectivity index (χ4n) is 1.53. The van der Waals surface area contributed by atoms with Crippen LogP contribution in [0, 0.1) is 0 Å². The zero-order valence-electron chi connectivity index (χ0n) is 10.6. The summed E-state index contributed by atoms with van der Waals surface area (Å²) < 4.78 is 6.36. The van der Waals surface area contributed by atoms with E-state index >= 15 is 0 Å². The van der Waals surface area contributed by atoms with Gasteiger partial charge in [0.1, 0.15) is 10.6 Å². The Morgan fingerprint density at radius 3 is 2.47 bits per heavy atom. The molecule has 1 aromatic carbocycles. The molecule has 0 bridgehead atoms. The molecule has 0 saturated carbocycles. The van der Waals surface area contributed by atoms with Crippen LogP contribution in [0.2, 0.25) is 0 Å². The Kier molecular flexibility index (Phi) is 4.61. The van der Waals surface area contributed by atoms with Crippen LogP contribution in [0.15, 0.2) is 40.2 Å². The highest BCUT2D eigenvalue weighted by atomic mass is 79.9. The van der Waals surface area contributed by atoms with Crippen LogP contribution in [-0.2, 0) is 0 Å². The predicted molar refractivity (Wildman–Crippen MR) is 82.2 cm³/mol. The molecule has 19 heavy (non-hydrogen) atoms. The topological polar surface area (TPSA) is 38.3 Å². The number of amides is 1. The van der Waals surface area contributed by atoms with Gasteiger partial charge in [0.15, 0.2) is 0 Å². The van der Waals surface area contributed by atoms with Crippen LogP contribution in [0.3, 0.4) is 0 Å². The predicted octanol–water partition coefficient (Wildman–Crippen LogP) is 4.55. The number of nitrogens with one attached hydrogen (secondary N) is 1. The fourth-order valence-corrected chi connectivity index (χ4v) is 2.98. The Balaban J connectivity index is 2.04. The number of benzene rings is 1. The van der Waals surface area contributed by atoms with E-state index in [9.17, 15) is 4.79 Å². The fraction of sp³-hybridized carbons (Fsp3) is 0.214. The molecule has 0 aliphatic rings. The van der Waals surface area contributed by atoms with Crippen LogP contribution in [-0.4, -0.2) is 12.0 Å². The Bertz CT molecular complexity index is 563. The summed E-state index contributed by atoms with van der Waals surface area (Å²) in [6.07, 6.45) is 0.141. The van der Waals surface area contributed by atoms with Gasteiger partial charge in [-0.15, -0.1) is 11.3 Å².